The van der Waals surface area contributed by atoms with E-state index in [0.717, 1.165) is 60.4 Å². The quantitative estimate of drug-likeness (QED) is 0.569. The maximum absolute atomic E-state index is 13.6. The summed E-state index contributed by atoms with van der Waals surface area (Å²) in [6.45, 7) is 4.61. The number of aromatic nitrogens is 1. The van der Waals surface area contributed by atoms with Crippen molar-refractivity contribution in [1.82, 2.24) is 9.88 Å². The van der Waals surface area contributed by atoms with Crippen LogP contribution in [0.25, 0.3) is 21.2 Å². The fraction of sp³-hybridized carbons (Fsp3) is 0.286. The van der Waals surface area contributed by atoms with Gasteiger partial charge in [0.05, 0.1) is 11.2 Å². The highest BCUT2D eigenvalue weighted by Gasteiger charge is 2.20. The SMILES string of the molecule is O=c1[nH]c2cccc(N3CCN(CCc4csc5ccc(F)cc45)CC3)c2o1. The summed E-state index contributed by atoms with van der Waals surface area (Å²) in [6.07, 6.45) is 0.922. The number of H-pyrrole nitrogens is 1. The van der Waals surface area contributed by atoms with Gasteiger partial charge in [-0.2, -0.15) is 0 Å². The Kier molecular flexibility index (Phi) is 4.41. The second-order valence-corrected chi connectivity index (χ2v) is 8.06. The fourth-order valence-corrected chi connectivity index (χ4v) is 4.92. The van der Waals surface area contributed by atoms with Crippen molar-refractivity contribution in [3.05, 3.63) is 63.7 Å². The Bertz CT molecular complexity index is 1190. The average Bonchev–Trinajstić information content (AvgIpc) is 3.28. The predicted octanol–water partition coefficient (Wildman–Crippen LogP) is 3.84. The predicted molar refractivity (Wildman–Crippen MR) is 111 cm³/mol. The van der Waals surface area contributed by atoms with Crippen molar-refractivity contribution in [1.29, 1.82) is 0 Å². The number of rotatable bonds is 4. The summed E-state index contributed by atoms with van der Waals surface area (Å²) in [7, 11) is 0. The van der Waals surface area contributed by atoms with Gasteiger partial charge in [-0.15, -0.1) is 11.3 Å². The molecular weight excluding hydrogens is 377 g/mol. The van der Waals surface area contributed by atoms with Crippen LogP contribution < -0.4 is 10.7 Å². The van der Waals surface area contributed by atoms with Crippen molar-refractivity contribution in [2.24, 2.45) is 0 Å². The molecule has 0 bridgehead atoms. The van der Waals surface area contributed by atoms with E-state index in [4.69, 9.17) is 4.42 Å². The van der Waals surface area contributed by atoms with Gasteiger partial charge in [0, 0.05) is 37.4 Å². The van der Waals surface area contributed by atoms with Crippen molar-refractivity contribution < 1.29 is 8.81 Å². The van der Waals surface area contributed by atoms with E-state index in [9.17, 15) is 9.18 Å². The number of anilines is 1. The molecule has 0 atom stereocenters. The number of hydrogen-bond donors (Lipinski definition) is 1. The number of piperazine rings is 1. The minimum atomic E-state index is -0.416. The summed E-state index contributed by atoms with van der Waals surface area (Å²) in [5.74, 6) is -0.591. The van der Waals surface area contributed by atoms with Gasteiger partial charge in [0.2, 0.25) is 0 Å². The van der Waals surface area contributed by atoms with Gasteiger partial charge in [0.15, 0.2) is 5.58 Å². The number of fused-ring (bicyclic) bond motifs is 2. The Balaban J connectivity index is 1.24. The molecule has 7 heteroatoms. The third kappa shape index (κ3) is 3.21. The molecule has 0 amide bonds. The minimum absolute atomic E-state index is 0.175. The molecule has 3 heterocycles. The number of nitrogens with one attached hydrogen (secondary N) is 1. The monoisotopic (exact) mass is 397 g/mol. The Morgan fingerprint density at radius 3 is 2.86 bits per heavy atom. The topological polar surface area (TPSA) is 52.5 Å². The van der Waals surface area contributed by atoms with Gasteiger partial charge in [-0.3, -0.25) is 9.88 Å². The Morgan fingerprint density at radius 1 is 1.14 bits per heavy atom. The zero-order valence-electron chi connectivity index (χ0n) is 15.3. The van der Waals surface area contributed by atoms with Crippen molar-refractivity contribution in [2.45, 2.75) is 6.42 Å². The molecule has 1 aliphatic heterocycles. The number of para-hydroxylation sites is 1. The van der Waals surface area contributed by atoms with Gasteiger partial charge < -0.3 is 9.32 Å². The zero-order valence-corrected chi connectivity index (χ0v) is 16.1. The first kappa shape index (κ1) is 17.5. The molecule has 28 heavy (non-hydrogen) atoms. The van der Waals surface area contributed by atoms with Crippen molar-refractivity contribution in [3.8, 4) is 0 Å². The second kappa shape index (κ2) is 7.07. The van der Waals surface area contributed by atoms with Crippen LogP contribution in [0.2, 0.25) is 0 Å². The Labute approximate surface area is 165 Å². The number of aromatic amines is 1. The molecule has 1 fully saturated rings. The number of nitrogens with zero attached hydrogens (tertiary/aromatic N) is 2. The van der Waals surface area contributed by atoms with E-state index in [-0.39, 0.29) is 5.82 Å². The lowest BCUT2D eigenvalue weighted by molar-refractivity contribution is 0.261. The number of thiophene rings is 1. The van der Waals surface area contributed by atoms with Crippen LogP contribution in [-0.2, 0) is 6.42 Å². The molecule has 2 aromatic carbocycles. The molecule has 0 spiro atoms. The zero-order chi connectivity index (χ0) is 19.1. The summed E-state index contributed by atoms with van der Waals surface area (Å²) < 4.78 is 20.0. The third-order valence-corrected chi connectivity index (χ3v) is 6.46. The van der Waals surface area contributed by atoms with Crippen LogP contribution in [0.4, 0.5) is 10.1 Å². The van der Waals surface area contributed by atoms with Crippen molar-refractivity contribution >= 4 is 38.2 Å². The van der Waals surface area contributed by atoms with E-state index in [1.165, 1.54) is 11.6 Å². The lowest BCUT2D eigenvalue weighted by Gasteiger charge is -2.36. The van der Waals surface area contributed by atoms with E-state index >= 15 is 0 Å². The molecule has 0 radical (unpaired) electrons. The van der Waals surface area contributed by atoms with Gasteiger partial charge in [-0.1, -0.05) is 6.07 Å². The van der Waals surface area contributed by atoms with Crippen LogP contribution in [0.3, 0.4) is 0 Å². The Morgan fingerprint density at radius 2 is 2.00 bits per heavy atom. The molecule has 0 aliphatic carbocycles. The molecule has 1 saturated heterocycles. The smallest absolute Gasteiger partial charge is 0.406 e. The minimum Gasteiger partial charge on any atom is -0.406 e. The van der Waals surface area contributed by atoms with Crippen LogP contribution >= 0.6 is 11.3 Å². The summed E-state index contributed by atoms with van der Waals surface area (Å²) in [4.78, 5) is 18.9. The van der Waals surface area contributed by atoms with Crippen LogP contribution in [0, 0.1) is 5.82 Å². The largest absolute Gasteiger partial charge is 0.417 e. The number of oxazole rings is 1. The molecule has 4 aromatic rings. The molecule has 5 nitrogen and oxygen atoms in total. The lowest BCUT2D eigenvalue weighted by Crippen LogP contribution is -2.47. The molecule has 2 aromatic heterocycles. The van der Waals surface area contributed by atoms with Crippen LogP contribution in [0.5, 0.6) is 0 Å². The van der Waals surface area contributed by atoms with E-state index in [1.807, 2.05) is 24.3 Å². The number of halogens is 1. The average molecular weight is 397 g/mol. The molecular formula is C21H20FN3O2S. The lowest BCUT2D eigenvalue weighted by atomic mass is 10.1. The van der Waals surface area contributed by atoms with Crippen LogP contribution in [0.1, 0.15) is 5.56 Å². The summed E-state index contributed by atoms with van der Waals surface area (Å²) >= 11 is 1.68. The Hall–Kier alpha value is -2.64. The molecule has 1 N–H and O–H groups in total. The van der Waals surface area contributed by atoms with Gasteiger partial charge in [-0.25, -0.2) is 9.18 Å². The number of benzene rings is 2. The van der Waals surface area contributed by atoms with Crippen LogP contribution in [-0.4, -0.2) is 42.6 Å². The maximum Gasteiger partial charge on any atom is 0.417 e. The molecule has 0 unspecified atom stereocenters. The third-order valence-electron chi connectivity index (χ3n) is 5.45. The molecule has 1 aliphatic rings. The first-order valence-electron chi connectivity index (χ1n) is 9.42. The highest BCUT2D eigenvalue weighted by molar-refractivity contribution is 7.17. The van der Waals surface area contributed by atoms with Crippen molar-refractivity contribution in [3.63, 3.8) is 0 Å². The van der Waals surface area contributed by atoms with E-state index in [1.54, 1.807) is 17.4 Å². The second-order valence-electron chi connectivity index (χ2n) is 7.15. The molecule has 144 valence electrons. The fourth-order valence-electron chi connectivity index (χ4n) is 3.95. The molecule has 0 saturated carbocycles. The molecule has 5 rings (SSSR count). The highest BCUT2D eigenvalue weighted by Crippen LogP contribution is 2.28. The first-order valence-corrected chi connectivity index (χ1v) is 10.3. The van der Waals surface area contributed by atoms with Gasteiger partial charge in [-0.05, 0) is 53.1 Å². The van der Waals surface area contributed by atoms with E-state index < -0.39 is 5.76 Å². The standard InChI is InChI=1S/C21H20FN3O2S/c22-15-4-5-19-16(12-15)14(13-28-19)6-7-24-8-10-25(11-9-24)18-3-1-2-17-20(18)27-21(26)23-17/h1-5,12-13H,6-11H2,(H,23,26). The maximum atomic E-state index is 13.6. The summed E-state index contributed by atoms with van der Waals surface area (Å²) in [6, 6.07) is 10.8. The normalized spacial score (nSPS) is 15.7. The van der Waals surface area contributed by atoms with Crippen LogP contribution in [0.15, 0.2) is 51.0 Å². The van der Waals surface area contributed by atoms with Gasteiger partial charge in [0.1, 0.15) is 5.82 Å². The summed E-state index contributed by atoms with van der Waals surface area (Å²) in [5, 5.41) is 3.19. The van der Waals surface area contributed by atoms with E-state index in [0.29, 0.717) is 5.58 Å². The highest BCUT2D eigenvalue weighted by atomic mass is 32.1. The number of hydrogen-bond acceptors (Lipinski definition) is 5. The van der Waals surface area contributed by atoms with Gasteiger partial charge >= 0.3 is 5.76 Å². The first-order chi connectivity index (χ1) is 13.7. The van der Waals surface area contributed by atoms with E-state index in [2.05, 4.69) is 20.2 Å². The van der Waals surface area contributed by atoms with Crippen molar-refractivity contribution in [2.75, 3.05) is 37.6 Å². The van der Waals surface area contributed by atoms with Gasteiger partial charge in [0.25, 0.3) is 0 Å². The summed E-state index contributed by atoms with van der Waals surface area (Å²) in [5.41, 5.74) is 3.56.